The molecular weight excluding hydrogens is 395 g/mol. The summed E-state index contributed by atoms with van der Waals surface area (Å²) in [5.74, 6) is 0.421. The van der Waals surface area contributed by atoms with Gasteiger partial charge in [-0.2, -0.15) is 0 Å². The molecule has 0 aliphatic rings. The summed E-state index contributed by atoms with van der Waals surface area (Å²) in [5, 5.41) is 2.82. The molecule has 6 nitrogen and oxygen atoms in total. The van der Waals surface area contributed by atoms with Crippen LogP contribution in [0.2, 0.25) is 0 Å². The number of oxazole rings is 1. The van der Waals surface area contributed by atoms with Gasteiger partial charge in [-0.1, -0.05) is 18.2 Å². The van der Waals surface area contributed by atoms with E-state index < -0.39 is 0 Å². The third kappa shape index (κ3) is 3.46. The maximum atomic E-state index is 13.1. The van der Waals surface area contributed by atoms with E-state index in [9.17, 15) is 9.18 Å². The minimum Gasteiger partial charge on any atom is -0.442 e. The van der Waals surface area contributed by atoms with Gasteiger partial charge in [0, 0.05) is 23.0 Å². The van der Waals surface area contributed by atoms with Crippen molar-refractivity contribution in [2.24, 2.45) is 0 Å². The zero-order valence-electron chi connectivity index (χ0n) is 16.5. The average Bonchev–Trinajstić information content (AvgIpc) is 3.45. The molecule has 0 fully saturated rings. The zero-order chi connectivity index (χ0) is 21.4. The van der Waals surface area contributed by atoms with Crippen molar-refractivity contribution >= 4 is 17.1 Å². The van der Waals surface area contributed by atoms with E-state index in [-0.39, 0.29) is 11.7 Å². The number of amides is 1. The summed E-state index contributed by atoms with van der Waals surface area (Å²) in [6.07, 6.45) is 6.73. The molecule has 5 rings (SSSR count). The highest BCUT2D eigenvalue weighted by atomic mass is 19.1. The molecule has 0 radical (unpaired) electrons. The van der Waals surface area contributed by atoms with Crippen LogP contribution in [0.15, 0.2) is 83.9 Å². The van der Waals surface area contributed by atoms with E-state index in [4.69, 9.17) is 4.42 Å². The summed E-state index contributed by atoms with van der Waals surface area (Å²) in [7, 11) is 0. The normalized spacial score (nSPS) is 11.0. The third-order valence-corrected chi connectivity index (χ3v) is 5.09. The fourth-order valence-electron chi connectivity index (χ4n) is 3.52. The smallest absolute Gasteiger partial charge is 0.263 e. The summed E-state index contributed by atoms with van der Waals surface area (Å²) in [5.41, 5.74) is 4.57. The van der Waals surface area contributed by atoms with Gasteiger partial charge in [-0.25, -0.2) is 14.4 Å². The lowest BCUT2D eigenvalue weighted by Crippen LogP contribution is -2.13. The molecule has 0 aliphatic carbocycles. The summed E-state index contributed by atoms with van der Waals surface area (Å²) in [6, 6.07) is 15.3. The Bertz CT molecular complexity index is 1390. The molecular formula is C24H17FN4O2. The number of anilines is 1. The van der Waals surface area contributed by atoms with Gasteiger partial charge in [0.15, 0.2) is 0 Å². The minimum absolute atomic E-state index is 0.258. The van der Waals surface area contributed by atoms with Gasteiger partial charge in [0.25, 0.3) is 11.8 Å². The Hall–Kier alpha value is -4.26. The van der Waals surface area contributed by atoms with Gasteiger partial charge in [0.1, 0.15) is 12.1 Å². The summed E-state index contributed by atoms with van der Waals surface area (Å²) >= 11 is 0. The second kappa shape index (κ2) is 7.53. The molecule has 0 bridgehead atoms. The lowest BCUT2D eigenvalue weighted by Gasteiger charge is -2.11. The van der Waals surface area contributed by atoms with Crippen molar-refractivity contribution < 1.29 is 13.6 Å². The predicted octanol–water partition coefficient (Wildman–Crippen LogP) is 5.36. The number of imidazole rings is 1. The highest BCUT2D eigenvalue weighted by Gasteiger charge is 2.16. The second-order valence-corrected chi connectivity index (χ2v) is 7.09. The van der Waals surface area contributed by atoms with Crippen LogP contribution in [0.1, 0.15) is 15.9 Å². The van der Waals surface area contributed by atoms with E-state index in [1.807, 2.05) is 47.9 Å². The number of fused-ring (bicyclic) bond motifs is 1. The van der Waals surface area contributed by atoms with Crippen molar-refractivity contribution in [1.82, 2.24) is 14.4 Å². The van der Waals surface area contributed by atoms with Crippen molar-refractivity contribution in [3.63, 3.8) is 0 Å². The van der Waals surface area contributed by atoms with Crippen LogP contribution < -0.4 is 5.32 Å². The SMILES string of the molecule is Cc1ccc(-c2cccn3c(-c4ncco4)ncc23)cc1C(=O)Nc1ccc(F)cc1. The number of nitrogens with zero attached hydrogens (tertiary/aromatic N) is 3. The fourth-order valence-corrected chi connectivity index (χ4v) is 3.52. The number of halogens is 1. The Morgan fingerprint density at radius 1 is 1.10 bits per heavy atom. The summed E-state index contributed by atoms with van der Waals surface area (Å²) in [4.78, 5) is 21.5. The maximum Gasteiger partial charge on any atom is 0.263 e. The van der Waals surface area contributed by atoms with E-state index in [1.54, 1.807) is 12.4 Å². The van der Waals surface area contributed by atoms with Gasteiger partial charge in [-0.3, -0.25) is 9.20 Å². The van der Waals surface area contributed by atoms with Crippen molar-refractivity contribution in [1.29, 1.82) is 0 Å². The molecule has 0 aliphatic heterocycles. The quantitative estimate of drug-likeness (QED) is 0.432. The number of hydrogen-bond acceptors (Lipinski definition) is 4. The Morgan fingerprint density at radius 2 is 1.94 bits per heavy atom. The van der Waals surface area contributed by atoms with Crippen molar-refractivity contribution in [2.45, 2.75) is 6.92 Å². The lowest BCUT2D eigenvalue weighted by molar-refractivity contribution is 0.102. The van der Waals surface area contributed by atoms with Gasteiger partial charge < -0.3 is 9.73 Å². The number of hydrogen-bond donors (Lipinski definition) is 1. The highest BCUT2D eigenvalue weighted by Crippen LogP contribution is 2.29. The number of benzene rings is 2. The molecule has 152 valence electrons. The van der Waals surface area contributed by atoms with Gasteiger partial charge in [0.05, 0.1) is 17.9 Å². The molecule has 0 unspecified atom stereocenters. The van der Waals surface area contributed by atoms with Crippen LogP contribution in [-0.4, -0.2) is 20.3 Å². The molecule has 31 heavy (non-hydrogen) atoms. The number of aromatic nitrogens is 3. The van der Waals surface area contributed by atoms with Crippen LogP contribution in [0.3, 0.4) is 0 Å². The van der Waals surface area contributed by atoms with Crippen LogP contribution in [0.25, 0.3) is 28.4 Å². The number of carbonyl (C=O) groups is 1. The summed E-state index contributed by atoms with van der Waals surface area (Å²) < 4.78 is 20.4. The van der Waals surface area contributed by atoms with Crippen LogP contribution in [0, 0.1) is 12.7 Å². The Labute approximate surface area is 177 Å². The number of aryl methyl sites for hydroxylation is 1. The molecule has 1 amide bonds. The van der Waals surface area contributed by atoms with Gasteiger partial charge in [0.2, 0.25) is 5.82 Å². The second-order valence-electron chi connectivity index (χ2n) is 7.09. The first-order valence-corrected chi connectivity index (χ1v) is 9.64. The Balaban J connectivity index is 1.54. The van der Waals surface area contributed by atoms with Gasteiger partial charge in [-0.05, 0) is 54.4 Å². The maximum absolute atomic E-state index is 13.1. The molecule has 0 spiro atoms. The van der Waals surface area contributed by atoms with Crippen LogP contribution in [0.4, 0.5) is 10.1 Å². The summed E-state index contributed by atoms with van der Waals surface area (Å²) in [6.45, 7) is 1.88. The monoisotopic (exact) mass is 412 g/mol. The van der Waals surface area contributed by atoms with Crippen molar-refractivity contribution in [3.05, 3.63) is 96.4 Å². The van der Waals surface area contributed by atoms with E-state index in [2.05, 4.69) is 15.3 Å². The number of carbonyl (C=O) groups excluding carboxylic acids is 1. The van der Waals surface area contributed by atoms with Crippen molar-refractivity contribution in [2.75, 3.05) is 5.32 Å². The first kappa shape index (κ1) is 18.7. The molecule has 5 aromatic rings. The Morgan fingerprint density at radius 3 is 2.71 bits per heavy atom. The number of rotatable bonds is 4. The Kier molecular flexibility index (Phi) is 4.55. The number of nitrogens with one attached hydrogen (secondary N) is 1. The molecule has 2 aromatic carbocycles. The van der Waals surface area contributed by atoms with Gasteiger partial charge >= 0.3 is 0 Å². The topological polar surface area (TPSA) is 72.4 Å². The van der Waals surface area contributed by atoms with E-state index in [0.29, 0.717) is 23.0 Å². The van der Waals surface area contributed by atoms with Gasteiger partial charge in [-0.15, -0.1) is 0 Å². The molecule has 0 atom stereocenters. The van der Waals surface area contributed by atoms with Crippen molar-refractivity contribution in [3.8, 4) is 22.8 Å². The highest BCUT2D eigenvalue weighted by molar-refractivity contribution is 6.06. The molecule has 0 saturated heterocycles. The number of pyridine rings is 1. The van der Waals surface area contributed by atoms with E-state index >= 15 is 0 Å². The molecule has 1 N–H and O–H groups in total. The molecule has 7 heteroatoms. The molecule has 3 aromatic heterocycles. The first-order valence-electron chi connectivity index (χ1n) is 9.64. The van der Waals surface area contributed by atoms with Crippen LogP contribution in [-0.2, 0) is 0 Å². The van der Waals surface area contributed by atoms with Crippen LogP contribution >= 0.6 is 0 Å². The average molecular weight is 412 g/mol. The fraction of sp³-hybridized carbons (Fsp3) is 0.0417. The minimum atomic E-state index is -0.353. The van der Waals surface area contributed by atoms with E-state index in [0.717, 1.165) is 22.2 Å². The first-order chi connectivity index (χ1) is 15.1. The lowest BCUT2D eigenvalue weighted by atomic mass is 9.99. The molecule has 0 saturated carbocycles. The largest absolute Gasteiger partial charge is 0.442 e. The van der Waals surface area contributed by atoms with Crippen LogP contribution in [0.5, 0.6) is 0 Å². The standard InChI is InChI=1S/C24H17FN4O2/c1-15-4-5-16(13-20(15)23(30)28-18-8-6-17(25)7-9-18)19-3-2-11-29-21(19)14-27-22(29)24-26-10-12-31-24/h2-14H,1H3,(H,28,30). The third-order valence-electron chi connectivity index (χ3n) is 5.09. The predicted molar refractivity (Wildman–Crippen MR) is 115 cm³/mol. The van der Waals surface area contributed by atoms with E-state index in [1.165, 1.54) is 30.5 Å². The zero-order valence-corrected chi connectivity index (χ0v) is 16.5. The molecule has 3 heterocycles.